The van der Waals surface area contributed by atoms with Crippen LogP contribution in [0.2, 0.25) is 0 Å². The van der Waals surface area contributed by atoms with E-state index in [1.165, 1.54) is 0 Å². The third kappa shape index (κ3) is 11.5. The molecule has 0 rings (SSSR count). The van der Waals surface area contributed by atoms with Crippen molar-refractivity contribution in [1.29, 1.82) is 0 Å². The number of aldehydes is 1. The van der Waals surface area contributed by atoms with Gasteiger partial charge in [-0.3, -0.25) is 29.1 Å². The van der Waals surface area contributed by atoms with E-state index in [1.54, 1.807) is 9.80 Å². The van der Waals surface area contributed by atoms with Crippen molar-refractivity contribution >= 4 is 25.2 Å². The van der Waals surface area contributed by atoms with Crippen LogP contribution in [0.5, 0.6) is 0 Å². The van der Waals surface area contributed by atoms with Gasteiger partial charge in [0.2, 0.25) is 0 Å². The molecular weight excluding hydrogens is 322 g/mol. The van der Waals surface area contributed by atoms with E-state index in [-0.39, 0.29) is 26.6 Å². The van der Waals surface area contributed by atoms with Gasteiger partial charge in [0.1, 0.15) is 19.7 Å². The molecule has 0 aromatic heterocycles. The highest BCUT2D eigenvalue weighted by molar-refractivity contribution is 5.69. The van der Waals surface area contributed by atoms with Crippen LogP contribution in [0.4, 0.5) is 0 Å². The number of likely N-dealkylation sites (N-methyl/N-ethyl adjacent to an activating group) is 1. The maximum atomic E-state index is 11.0. The average Bonchev–Trinajstić information content (AvgIpc) is 2.56. The van der Waals surface area contributed by atoms with Crippen molar-refractivity contribution in [2.75, 3.05) is 59.3 Å². The SMILES string of the molecule is CCN(CCN(CCN(CC=O)COC=O)CC(=O)O)COC=O. The lowest BCUT2D eigenvalue weighted by atomic mass is 10.4. The average molecular weight is 347 g/mol. The first-order valence-electron chi connectivity index (χ1n) is 7.50. The van der Waals surface area contributed by atoms with Crippen LogP contribution in [0.1, 0.15) is 6.92 Å². The van der Waals surface area contributed by atoms with Crippen LogP contribution < -0.4 is 0 Å². The van der Waals surface area contributed by atoms with Gasteiger partial charge in [-0.05, 0) is 6.54 Å². The summed E-state index contributed by atoms with van der Waals surface area (Å²) in [4.78, 5) is 47.2. The van der Waals surface area contributed by atoms with Gasteiger partial charge >= 0.3 is 5.97 Å². The number of carbonyl (C=O) groups excluding carboxylic acids is 3. The second-order valence-electron chi connectivity index (χ2n) is 4.91. The van der Waals surface area contributed by atoms with Gasteiger partial charge in [0.05, 0.1) is 13.1 Å². The van der Waals surface area contributed by atoms with Crippen LogP contribution in [0.25, 0.3) is 0 Å². The third-order valence-corrected chi connectivity index (χ3v) is 3.25. The van der Waals surface area contributed by atoms with Crippen molar-refractivity contribution in [3.8, 4) is 0 Å². The molecule has 0 heterocycles. The van der Waals surface area contributed by atoms with Gasteiger partial charge in [-0.15, -0.1) is 0 Å². The van der Waals surface area contributed by atoms with Crippen LogP contribution in [-0.2, 0) is 28.7 Å². The summed E-state index contributed by atoms with van der Waals surface area (Å²) in [6, 6.07) is 0. The summed E-state index contributed by atoms with van der Waals surface area (Å²) in [5, 5.41) is 8.99. The van der Waals surface area contributed by atoms with E-state index in [4.69, 9.17) is 5.11 Å². The fraction of sp³-hybridized carbons (Fsp3) is 0.714. The zero-order valence-electron chi connectivity index (χ0n) is 13.8. The Hall–Kier alpha value is -2.04. The summed E-state index contributed by atoms with van der Waals surface area (Å²) in [5.74, 6) is -0.965. The standard InChI is InChI=1S/C14H25N3O7/c1-2-15(10-23-12-19)3-4-16(9-14(21)22)5-6-17(7-8-18)11-24-13-20/h8,12-13H,2-7,9-11H2,1H3,(H,21,22). The quantitative estimate of drug-likeness (QED) is 0.245. The van der Waals surface area contributed by atoms with Crippen LogP contribution in [0.3, 0.4) is 0 Å². The summed E-state index contributed by atoms with van der Waals surface area (Å²) in [7, 11) is 0. The lowest BCUT2D eigenvalue weighted by Crippen LogP contribution is -2.43. The number of hydrogen-bond acceptors (Lipinski definition) is 9. The van der Waals surface area contributed by atoms with Crippen molar-refractivity contribution in [2.24, 2.45) is 0 Å². The molecule has 0 aliphatic rings. The summed E-state index contributed by atoms with van der Waals surface area (Å²) in [5.41, 5.74) is 0. The van der Waals surface area contributed by atoms with Gasteiger partial charge in [-0.2, -0.15) is 0 Å². The number of aliphatic carboxylic acids is 1. The lowest BCUT2D eigenvalue weighted by Gasteiger charge is -2.27. The van der Waals surface area contributed by atoms with Crippen LogP contribution >= 0.6 is 0 Å². The summed E-state index contributed by atoms with van der Waals surface area (Å²) < 4.78 is 9.30. The number of carbonyl (C=O) groups is 4. The highest BCUT2D eigenvalue weighted by Gasteiger charge is 2.14. The zero-order valence-corrected chi connectivity index (χ0v) is 13.8. The van der Waals surface area contributed by atoms with E-state index < -0.39 is 5.97 Å². The molecule has 0 atom stereocenters. The molecule has 0 aliphatic heterocycles. The van der Waals surface area contributed by atoms with Crippen molar-refractivity contribution in [2.45, 2.75) is 6.92 Å². The molecule has 0 saturated heterocycles. The topological polar surface area (TPSA) is 117 Å². The minimum absolute atomic E-state index is 0.0303. The van der Waals surface area contributed by atoms with Gasteiger partial charge in [0.15, 0.2) is 0 Å². The van der Waals surface area contributed by atoms with E-state index in [0.717, 1.165) is 0 Å². The predicted molar refractivity (Wildman–Crippen MR) is 83.0 cm³/mol. The summed E-state index contributed by atoms with van der Waals surface area (Å²) in [6.45, 7) is 4.98. The predicted octanol–water partition coefficient (Wildman–Crippen LogP) is -1.54. The molecule has 10 heteroatoms. The number of carboxylic acid groups (broad SMARTS) is 1. The van der Waals surface area contributed by atoms with Crippen molar-refractivity contribution < 1.29 is 33.8 Å². The van der Waals surface area contributed by atoms with Crippen LogP contribution in [-0.4, -0.2) is 104 Å². The Balaban J connectivity index is 4.45. The van der Waals surface area contributed by atoms with E-state index in [2.05, 4.69) is 9.47 Å². The summed E-state index contributed by atoms with van der Waals surface area (Å²) in [6.07, 6.45) is 0.686. The van der Waals surface area contributed by atoms with Gasteiger partial charge < -0.3 is 19.4 Å². The van der Waals surface area contributed by atoms with Crippen molar-refractivity contribution in [3.05, 3.63) is 0 Å². The number of hydrogen-bond donors (Lipinski definition) is 1. The Bertz CT molecular complexity index is 381. The van der Waals surface area contributed by atoms with E-state index in [0.29, 0.717) is 52.0 Å². The van der Waals surface area contributed by atoms with Gasteiger partial charge in [0.25, 0.3) is 12.9 Å². The molecule has 0 aliphatic carbocycles. The minimum atomic E-state index is -0.965. The minimum Gasteiger partial charge on any atom is -0.480 e. The molecule has 0 radical (unpaired) electrons. The zero-order chi connectivity index (χ0) is 18.2. The maximum absolute atomic E-state index is 11.0. The molecule has 0 amide bonds. The fourth-order valence-corrected chi connectivity index (χ4v) is 1.93. The van der Waals surface area contributed by atoms with E-state index in [1.807, 2.05) is 11.8 Å². The van der Waals surface area contributed by atoms with Crippen LogP contribution in [0.15, 0.2) is 0 Å². The first kappa shape index (κ1) is 22.0. The molecule has 0 aromatic rings. The molecule has 1 N–H and O–H groups in total. The Morgan fingerprint density at radius 3 is 1.88 bits per heavy atom. The van der Waals surface area contributed by atoms with Crippen molar-refractivity contribution in [3.63, 3.8) is 0 Å². The smallest absolute Gasteiger partial charge is 0.317 e. The molecule has 24 heavy (non-hydrogen) atoms. The van der Waals surface area contributed by atoms with E-state index >= 15 is 0 Å². The third-order valence-electron chi connectivity index (χ3n) is 3.25. The molecule has 0 fully saturated rings. The molecule has 10 nitrogen and oxygen atoms in total. The number of carboxylic acids is 1. The Morgan fingerprint density at radius 1 is 0.917 bits per heavy atom. The lowest BCUT2D eigenvalue weighted by molar-refractivity contribution is -0.138. The highest BCUT2D eigenvalue weighted by atomic mass is 16.5. The molecule has 0 saturated carbocycles. The molecule has 0 bridgehead atoms. The second-order valence-corrected chi connectivity index (χ2v) is 4.91. The summed E-state index contributed by atoms with van der Waals surface area (Å²) >= 11 is 0. The molecule has 138 valence electrons. The van der Waals surface area contributed by atoms with Gasteiger partial charge in [0, 0.05) is 26.2 Å². The number of rotatable bonds is 17. The highest BCUT2D eigenvalue weighted by Crippen LogP contribution is 1.96. The maximum Gasteiger partial charge on any atom is 0.317 e. The molecule has 0 spiro atoms. The van der Waals surface area contributed by atoms with Gasteiger partial charge in [-0.1, -0.05) is 6.92 Å². The number of nitrogens with zero attached hydrogens (tertiary/aromatic N) is 3. The normalized spacial score (nSPS) is 10.8. The van der Waals surface area contributed by atoms with E-state index in [9.17, 15) is 19.2 Å². The second kappa shape index (κ2) is 14.5. The number of ether oxygens (including phenoxy) is 2. The first-order chi connectivity index (χ1) is 11.6. The largest absolute Gasteiger partial charge is 0.480 e. The van der Waals surface area contributed by atoms with Crippen molar-refractivity contribution in [1.82, 2.24) is 14.7 Å². The monoisotopic (exact) mass is 347 g/mol. The molecule has 0 aromatic carbocycles. The van der Waals surface area contributed by atoms with Crippen LogP contribution in [0, 0.1) is 0 Å². The Kier molecular flexibility index (Phi) is 13.3. The molecular formula is C14H25N3O7. The first-order valence-corrected chi connectivity index (χ1v) is 7.50. The fourth-order valence-electron chi connectivity index (χ4n) is 1.93. The molecule has 0 unspecified atom stereocenters. The Labute approximate surface area is 140 Å². The Morgan fingerprint density at radius 2 is 1.42 bits per heavy atom. The van der Waals surface area contributed by atoms with Gasteiger partial charge in [-0.25, -0.2) is 0 Å².